The molecule has 1 saturated carbocycles. The zero-order valence-electron chi connectivity index (χ0n) is 12.7. The van der Waals surface area contributed by atoms with Crippen molar-refractivity contribution in [3.8, 4) is 0 Å². The second-order valence-electron chi connectivity index (χ2n) is 6.72. The summed E-state index contributed by atoms with van der Waals surface area (Å²) in [6, 6.07) is 1.08. The van der Waals surface area contributed by atoms with Crippen LogP contribution >= 0.6 is 0 Å². The SMILES string of the molecule is OC1CCCCC1N1CCCCC1CN1CCOCC1. The van der Waals surface area contributed by atoms with Crippen LogP contribution in [-0.2, 0) is 4.74 Å². The maximum absolute atomic E-state index is 10.4. The van der Waals surface area contributed by atoms with Gasteiger partial charge in [-0.15, -0.1) is 0 Å². The highest BCUT2D eigenvalue weighted by atomic mass is 16.5. The van der Waals surface area contributed by atoms with Gasteiger partial charge >= 0.3 is 0 Å². The van der Waals surface area contributed by atoms with Gasteiger partial charge in [0.05, 0.1) is 19.3 Å². The summed E-state index contributed by atoms with van der Waals surface area (Å²) in [4.78, 5) is 5.21. The van der Waals surface area contributed by atoms with Gasteiger partial charge in [0.25, 0.3) is 0 Å². The van der Waals surface area contributed by atoms with Crippen molar-refractivity contribution in [2.24, 2.45) is 0 Å². The van der Waals surface area contributed by atoms with Crippen molar-refractivity contribution >= 4 is 0 Å². The Balaban J connectivity index is 1.60. The first-order valence-corrected chi connectivity index (χ1v) is 8.58. The van der Waals surface area contributed by atoms with E-state index in [4.69, 9.17) is 4.74 Å². The molecule has 0 aromatic carbocycles. The van der Waals surface area contributed by atoms with E-state index in [1.807, 2.05) is 0 Å². The summed E-state index contributed by atoms with van der Waals surface area (Å²) >= 11 is 0. The lowest BCUT2D eigenvalue weighted by molar-refractivity contribution is -0.0341. The summed E-state index contributed by atoms with van der Waals surface area (Å²) in [6.45, 7) is 6.30. The molecule has 3 rings (SSSR count). The lowest BCUT2D eigenvalue weighted by Crippen LogP contribution is -2.56. The standard InChI is InChI=1S/C16H30N2O2/c19-16-7-2-1-6-15(16)18-8-4-3-5-14(18)13-17-9-11-20-12-10-17/h14-16,19H,1-13H2. The van der Waals surface area contributed by atoms with Crippen LogP contribution in [0.4, 0.5) is 0 Å². The number of morpholine rings is 1. The highest BCUT2D eigenvalue weighted by molar-refractivity contribution is 4.90. The van der Waals surface area contributed by atoms with E-state index in [1.54, 1.807) is 0 Å². The van der Waals surface area contributed by atoms with E-state index < -0.39 is 0 Å². The molecule has 0 spiro atoms. The molecule has 0 aromatic rings. The second kappa shape index (κ2) is 7.21. The number of hydrogen-bond donors (Lipinski definition) is 1. The minimum absolute atomic E-state index is 0.0889. The second-order valence-corrected chi connectivity index (χ2v) is 6.72. The van der Waals surface area contributed by atoms with Crippen molar-refractivity contribution in [3.63, 3.8) is 0 Å². The predicted octanol–water partition coefficient (Wildman–Crippen LogP) is 1.48. The van der Waals surface area contributed by atoms with E-state index in [9.17, 15) is 5.11 Å². The molecule has 3 aliphatic rings. The summed E-state index contributed by atoms with van der Waals surface area (Å²) in [5, 5.41) is 10.4. The molecule has 1 N–H and O–H groups in total. The molecular weight excluding hydrogens is 252 g/mol. The molecule has 3 atom stereocenters. The van der Waals surface area contributed by atoms with Crippen molar-refractivity contribution in [3.05, 3.63) is 0 Å². The van der Waals surface area contributed by atoms with E-state index in [-0.39, 0.29) is 6.10 Å². The lowest BCUT2D eigenvalue weighted by atomic mass is 9.88. The monoisotopic (exact) mass is 282 g/mol. The normalized spacial score (nSPS) is 38.0. The predicted molar refractivity (Wildman–Crippen MR) is 79.9 cm³/mol. The molecule has 2 aliphatic heterocycles. The number of aliphatic hydroxyl groups is 1. The Morgan fingerprint density at radius 1 is 0.900 bits per heavy atom. The molecule has 116 valence electrons. The Morgan fingerprint density at radius 2 is 1.65 bits per heavy atom. The van der Waals surface area contributed by atoms with Gasteiger partial charge in [-0.25, -0.2) is 0 Å². The minimum atomic E-state index is -0.0889. The first kappa shape index (κ1) is 14.8. The maximum atomic E-state index is 10.4. The van der Waals surface area contributed by atoms with E-state index in [0.29, 0.717) is 12.1 Å². The van der Waals surface area contributed by atoms with E-state index in [1.165, 1.54) is 51.6 Å². The van der Waals surface area contributed by atoms with E-state index >= 15 is 0 Å². The number of rotatable bonds is 3. The fourth-order valence-corrected chi connectivity index (χ4v) is 4.22. The molecule has 20 heavy (non-hydrogen) atoms. The van der Waals surface area contributed by atoms with Crippen molar-refractivity contribution in [1.82, 2.24) is 9.80 Å². The first-order chi connectivity index (χ1) is 9.84. The van der Waals surface area contributed by atoms with Crippen LogP contribution in [0.15, 0.2) is 0 Å². The van der Waals surface area contributed by atoms with E-state index in [0.717, 1.165) is 32.7 Å². The van der Waals surface area contributed by atoms with Crippen LogP contribution in [0.5, 0.6) is 0 Å². The highest BCUT2D eigenvalue weighted by Gasteiger charge is 2.35. The molecule has 0 bridgehead atoms. The van der Waals surface area contributed by atoms with Crippen LogP contribution in [-0.4, -0.2) is 72.5 Å². The topological polar surface area (TPSA) is 35.9 Å². The fraction of sp³-hybridized carbons (Fsp3) is 1.00. The van der Waals surface area contributed by atoms with Crippen LogP contribution < -0.4 is 0 Å². The Morgan fingerprint density at radius 3 is 2.45 bits per heavy atom. The van der Waals surface area contributed by atoms with Gasteiger partial charge in [0.15, 0.2) is 0 Å². The number of piperidine rings is 1. The Hall–Kier alpha value is -0.160. The third-order valence-corrected chi connectivity index (χ3v) is 5.37. The molecule has 3 unspecified atom stereocenters. The average Bonchev–Trinajstić information content (AvgIpc) is 2.50. The number of aliphatic hydroxyl groups excluding tert-OH is 1. The summed E-state index contributed by atoms with van der Waals surface area (Å²) in [6.07, 6.45) is 8.58. The van der Waals surface area contributed by atoms with Gasteiger partial charge in [-0.3, -0.25) is 9.80 Å². The summed E-state index contributed by atoms with van der Waals surface area (Å²) in [5.74, 6) is 0. The molecule has 3 fully saturated rings. The Kier molecular flexibility index (Phi) is 5.32. The van der Waals surface area contributed by atoms with Crippen LogP contribution in [0.2, 0.25) is 0 Å². The minimum Gasteiger partial charge on any atom is -0.391 e. The molecule has 2 saturated heterocycles. The maximum Gasteiger partial charge on any atom is 0.0695 e. The average molecular weight is 282 g/mol. The smallest absolute Gasteiger partial charge is 0.0695 e. The van der Waals surface area contributed by atoms with Gasteiger partial charge in [-0.2, -0.15) is 0 Å². The quantitative estimate of drug-likeness (QED) is 0.850. The summed E-state index contributed by atoms with van der Waals surface area (Å²) in [7, 11) is 0. The zero-order chi connectivity index (χ0) is 13.8. The highest BCUT2D eigenvalue weighted by Crippen LogP contribution is 2.29. The molecule has 4 nitrogen and oxygen atoms in total. The van der Waals surface area contributed by atoms with Crippen LogP contribution in [0.3, 0.4) is 0 Å². The van der Waals surface area contributed by atoms with Gasteiger partial charge in [0.1, 0.15) is 0 Å². The summed E-state index contributed by atoms with van der Waals surface area (Å²) < 4.78 is 5.45. The summed E-state index contributed by atoms with van der Waals surface area (Å²) in [5.41, 5.74) is 0. The number of nitrogens with zero attached hydrogens (tertiary/aromatic N) is 2. The van der Waals surface area contributed by atoms with Gasteiger partial charge in [-0.05, 0) is 32.2 Å². The largest absolute Gasteiger partial charge is 0.391 e. The van der Waals surface area contributed by atoms with Crippen LogP contribution in [0.25, 0.3) is 0 Å². The Labute approximate surface area is 123 Å². The van der Waals surface area contributed by atoms with E-state index in [2.05, 4.69) is 9.80 Å². The van der Waals surface area contributed by atoms with Crippen LogP contribution in [0.1, 0.15) is 44.9 Å². The van der Waals surface area contributed by atoms with Crippen molar-refractivity contribution in [2.75, 3.05) is 39.4 Å². The van der Waals surface area contributed by atoms with Crippen molar-refractivity contribution in [1.29, 1.82) is 0 Å². The van der Waals surface area contributed by atoms with Gasteiger partial charge in [0.2, 0.25) is 0 Å². The van der Waals surface area contributed by atoms with Crippen molar-refractivity contribution < 1.29 is 9.84 Å². The zero-order valence-corrected chi connectivity index (χ0v) is 12.7. The molecular formula is C16H30N2O2. The van der Waals surface area contributed by atoms with Gasteiger partial charge < -0.3 is 9.84 Å². The number of ether oxygens (including phenoxy) is 1. The molecule has 2 heterocycles. The third-order valence-electron chi connectivity index (χ3n) is 5.37. The Bertz CT molecular complexity index is 294. The van der Waals surface area contributed by atoms with Crippen molar-refractivity contribution in [2.45, 2.75) is 63.1 Å². The van der Waals surface area contributed by atoms with Gasteiger partial charge in [-0.1, -0.05) is 19.3 Å². The third kappa shape index (κ3) is 3.53. The lowest BCUT2D eigenvalue weighted by Gasteiger charge is -2.46. The fourth-order valence-electron chi connectivity index (χ4n) is 4.22. The first-order valence-electron chi connectivity index (χ1n) is 8.58. The molecule has 0 aromatic heterocycles. The molecule has 0 radical (unpaired) electrons. The molecule has 0 amide bonds. The molecule has 1 aliphatic carbocycles. The molecule has 4 heteroatoms. The number of likely N-dealkylation sites (tertiary alicyclic amines) is 1. The number of hydrogen-bond acceptors (Lipinski definition) is 4. The van der Waals surface area contributed by atoms with Gasteiger partial charge in [0, 0.05) is 31.7 Å². The van der Waals surface area contributed by atoms with Crippen LogP contribution in [0, 0.1) is 0 Å².